The number of nitro benzene ring substituents is 1. The van der Waals surface area contributed by atoms with Crippen LogP contribution in [-0.2, 0) is 16.1 Å². The van der Waals surface area contributed by atoms with Gasteiger partial charge in [0.1, 0.15) is 11.9 Å². The second kappa shape index (κ2) is 12.3. The first kappa shape index (κ1) is 28.6. The summed E-state index contributed by atoms with van der Waals surface area (Å²) in [7, 11) is 1.19. The number of Topliss-reactive ketones (excluding diaryl/α,β-unsaturated/α-hetero) is 1. The van der Waals surface area contributed by atoms with Gasteiger partial charge in [0.2, 0.25) is 5.91 Å². The molecule has 4 unspecified atom stereocenters. The summed E-state index contributed by atoms with van der Waals surface area (Å²) < 4.78 is 18.6. The largest absolute Gasteiger partial charge is 0.453 e. The first-order valence-electron chi connectivity index (χ1n) is 13.1. The van der Waals surface area contributed by atoms with Gasteiger partial charge in [0.05, 0.1) is 24.0 Å². The van der Waals surface area contributed by atoms with Gasteiger partial charge >= 0.3 is 6.09 Å². The third kappa shape index (κ3) is 5.64. The summed E-state index contributed by atoms with van der Waals surface area (Å²) in [5.41, 5.74) is 1.13. The van der Waals surface area contributed by atoms with E-state index in [2.05, 4.69) is 5.32 Å². The normalized spacial score (nSPS) is 19.7. The minimum atomic E-state index is -1.27. The van der Waals surface area contributed by atoms with Crippen LogP contribution in [0.3, 0.4) is 0 Å². The number of carbonyl (C=O) groups excluding carboxylic acids is 3. The molecule has 2 amide bonds. The number of rotatable bonds is 8. The molecule has 5 rings (SSSR count). The highest BCUT2D eigenvalue weighted by molar-refractivity contribution is 7.10. The van der Waals surface area contributed by atoms with Crippen molar-refractivity contribution in [1.29, 1.82) is 0 Å². The fraction of sp³-hybridized carbons (Fsp3) is 0.194. The maximum Gasteiger partial charge on any atom is 0.410 e. The van der Waals surface area contributed by atoms with E-state index < -0.39 is 46.7 Å². The van der Waals surface area contributed by atoms with E-state index in [4.69, 9.17) is 4.74 Å². The van der Waals surface area contributed by atoms with E-state index in [1.165, 1.54) is 65.8 Å². The summed E-state index contributed by atoms with van der Waals surface area (Å²) >= 11 is 1.32. The number of benzene rings is 3. The number of thiophene rings is 1. The van der Waals surface area contributed by atoms with Crippen LogP contribution in [0.2, 0.25) is 0 Å². The fourth-order valence-corrected chi connectivity index (χ4v) is 6.41. The van der Waals surface area contributed by atoms with Crippen molar-refractivity contribution in [3.8, 4) is 0 Å². The van der Waals surface area contributed by atoms with E-state index >= 15 is 0 Å². The molecular weight excluding hydrogens is 561 g/mol. The average Bonchev–Trinajstić information content (AvgIpc) is 3.67. The summed E-state index contributed by atoms with van der Waals surface area (Å²) in [5, 5.41) is 16.3. The lowest BCUT2D eigenvalue weighted by Gasteiger charge is -2.29. The summed E-state index contributed by atoms with van der Waals surface area (Å²) in [6, 6.07) is 21.3. The number of hydrogen-bond donors (Lipinski definition) is 1. The van der Waals surface area contributed by atoms with Crippen LogP contribution in [-0.4, -0.2) is 40.8 Å². The Morgan fingerprint density at radius 3 is 2.38 bits per heavy atom. The van der Waals surface area contributed by atoms with E-state index in [-0.39, 0.29) is 18.0 Å². The second-order valence-corrected chi connectivity index (χ2v) is 10.7. The lowest BCUT2D eigenvalue weighted by molar-refractivity contribution is -0.384. The molecule has 2 heterocycles. The second-order valence-electron chi connectivity index (χ2n) is 9.76. The van der Waals surface area contributed by atoms with Crippen molar-refractivity contribution in [3.05, 3.63) is 134 Å². The van der Waals surface area contributed by atoms with E-state index in [0.717, 1.165) is 0 Å². The van der Waals surface area contributed by atoms with Gasteiger partial charge in [-0.05, 0) is 34.7 Å². The monoisotopic (exact) mass is 587 g/mol. The van der Waals surface area contributed by atoms with Crippen molar-refractivity contribution < 1.29 is 28.4 Å². The number of ether oxygens (including phenoxy) is 1. The van der Waals surface area contributed by atoms with Crippen molar-refractivity contribution in [2.75, 3.05) is 7.11 Å². The van der Waals surface area contributed by atoms with Crippen molar-refractivity contribution >= 4 is 34.8 Å². The van der Waals surface area contributed by atoms with E-state index in [1.807, 2.05) is 0 Å². The van der Waals surface area contributed by atoms with Crippen LogP contribution in [0.4, 0.5) is 14.9 Å². The molecule has 0 aliphatic carbocycles. The first-order chi connectivity index (χ1) is 20.3. The number of methoxy groups -OCH3 is 1. The highest BCUT2D eigenvalue weighted by Gasteiger charge is 2.58. The fourth-order valence-electron chi connectivity index (χ4n) is 5.54. The number of nitro groups is 1. The summed E-state index contributed by atoms with van der Waals surface area (Å²) in [4.78, 5) is 54.9. The molecule has 1 N–H and O–H groups in total. The quantitative estimate of drug-likeness (QED) is 0.156. The molecule has 1 fully saturated rings. The van der Waals surface area contributed by atoms with Gasteiger partial charge in [0.25, 0.3) is 5.69 Å². The van der Waals surface area contributed by atoms with Crippen LogP contribution >= 0.6 is 11.3 Å². The zero-order chi connectivity index (χ0) is 29.8. The van der Waals surface area contributed by atoms with Crippen LogP contribution in [0.5, 0.6) is 0 Å². The molecule has 1 aliphatic heterocycles. The van der Waals surface area contributed by atoms with Gasteiger partial charge in [-0.15, -0.1) is 11.3 Å². The van der Waals surface area contributed by atoms with Gasteiger partial charge in [-0.3, -0.25) is 24.6 Å². The first-order valence-corrected chi connectivity index (χ1v) is 13.9. The Labute approximate surface area is 244 Å². The topological polar surface area (TPSA) is 119 Å². The maximum atomic E-state index is 14.3. The van der Waals surface area contributed by atoms with Gasteiger partial charge in [0, 0.05) is 35.0 Å². The molecule has 0 radical (unpaired) electrons. The SMILES string of the molecule is COC(=O)N1C(C(=O)NCc2ccc(F)cc2)C(c2cccc([N+](=O)[O-])c2)C(C(=O)c2ccccc2)C1c1cccs1. The molecule has 1 aliphatic rings. The van der Waals surface area contributed by atoms with Crippen molar-refractivity contribution in [1.82, 2.24) is 10.2 Å². The average molecular weight is 588 g/mol. The Morgan fingerprint density at radius 2 is 1.74 bits per heavy atom. The van der Waals surface area contributed by atoms with E-state index in [1.54, 1.807) is 53.9 Å². The number of amides is 2. The molecule has 1 saturated heterocycles. The zero-order valence-electron chi connectivity index (χ0n) is 22.4. The summed E-state index contributed by atoms with van der Waals surface area (Å²) in [5.74, 6) is -3.31. The Morgan fingerprint density at radius 1 is 1.00 bits per heavy atom. The lowest BCUT2D eigenvalue weighted by atomic mass is 9.77. The molecule has 0 bridgehead atoms. The molecular formula is C31H26FN3O6S. The van der Waals surface area contributed by atoms with Crippen LogP contribution in [0.15, 0.2) is 96.4 Å². The minimum Gasteiger partial charge on any atom is -0.453 e. The summed E-state index contributed by atoms with van der Waals surface area (Å²) in [6.45, 7) is 0.0211. The number of hydrogen-bond acceptors (Lipinski definition) is 7. The smallest absolute Gasteiger partial charge is 0.410 e. The zero-order valence-corrected chi connectivity index (χ0v) is 23.2. The van der Waals surface area contributed by atoms with Gasteiger partial charge in [-0.2, -0.15) is 0 Å². The number of nitrogens with zero attached hydrogens (tertiary/aromatic N) is 2. The van der Waals surface area contributed by atoms with Crippen LogP contribution in [0.1, 0.15) is 38.3 Å². The number of carbonyl (C=O) groups is 3. The van der Waals surface area contributed by atoms with Gasteiger partial charge < -0.3 is 10.1 Å². The Bertz CT molecular complexity index is 1600. The van der Waals surface area contributed by atoms with Crippen molar-refractivity contribution in [3.63, 3.8) is 0 Å². The van der Waals surface area contributed by atoms with Crippen LogP contribution < -0.4 is 5.32 Å². The number of non-ortho nitro benzene ring substituents is 1. The van der Waals surface area contributed by atoms with Crippen LogP contribution in [0, 0.1) is 21.8 Å². The summed E-state index contributed by atoms with van der Waals surface area (Å²) in [6.07, 6.45) is -0.825. The van der Waals surface area contributed by atoms with E-state index in [9.17, 15) is 28.9 Å². The number of halogens is 1. The lowest BCUT2D eigenvalue weighted by Crippen LogP contribution is -2.48. The van der Waals surface area contributed by atoms with Crippen molar-refractivity contribution in [2.45, 2.75) is 24.5 Å². The van der Waals surface area contributed by atoms with Gasteiger partial charge in [0.15, 0.2) is 5.78 Å². The number of likely N-dealkylation sites (tertiary alicyclic amines) is 1. The molecule has 4 aromatic rings. The predicted octanol–water partition coefficient (Wildman–Crippen LogP) is 5.89. The van der Waals surface area contributed by atoms with E-state index in [0.29, 0.717) is 21.6 Å². The molecule has 11 heteroatoms. The standard InChI is InChI=1S/C31H26FN3O6S/c1-41-31(38)34-27(24-11-6-16-42-24)26(29(36)20-7-3-2-4-8-20)25(21-9-5-10-23(17-21)35(39)40)28(34)30(37)33-18-19-12-14-22(32)15-13-19/h2-17,25-28H,18H2,1H3,(H,33,37). The van der Waals surface area contributed by atoms with Gasteiger partial charge in [-0.1, -0.05) is 60.7 Å². The molecule has 3 aromatic carbocycles. The molecule has 4 atom stereocenters. The molecule has 0 saturated carbocycles. The molecule has 42 heavy (non-hydrogen) atoms. The third-order valence-corrected chi connectivity index (χ3v) is 8.31. The Kier molecular flexibility index (Phi) is 8.39. The maximum absolute atomic E-state index is 14.3. The highest BCUT2D eigenvalue weighted by Crippen LogP contribution is 2.52. The Hall–Kier alpha value is -4.90. The number of ketones is 1. The van der Waals surface area contributed by atoms with Gasteiger partial charge in [-0.25, -0.2) is 9.18 Å². The highest BCUT2D eigenvalue weighted by atomic mass is 32.1. The molecule has 1 aromatic heterocycles. The van der Waals surface area contributed by atoms with Crippen LogP contribution in [0.25, 0.3) is 0 Å². The molecule has 9 nitrogen and oxygen atoms in total. The third-order valence-electron chi connectivity index (χ3n) is 7.36. The van der Waals surface area contributed by atoms with Crippen molar-refractivity contribution in [2.24, 2.45) is 5.92 Å². The molecule has 214 valence electrons. The number of nitrogens with one attached hydrogen (secondary N) is 1. The molecule has 0 spiro atoms. The predicted molar refractivity (Wildman–Crippen MR) is 153 cm³/mol. The Balaban J connectivity index is 1.68. The minimum absolute atomic E-state index is 0.0211.